The van der Waals surface area contributed by atoms with Gasteiger partial charge in [0.25, 0.3) is 5.91 Å². The fraction of sp³-hybridized carbons (Fsp3) is 0.333. The highest BCUT2D eigenvalue weighted by molar-refractivity contribution is 7.98. The van der Waals surface area contributed by atoms with Crippen molar-refractivity contribution in [1.82, 2.24) is 4.90 Å². The van der Waals surface area contributed by atoms with E-state index in [1.165, 1.54) is 4.90 Å². The van der Waals surface area contributed by atoms with Gasteiger partial charge in [0.1, 0.15) is 0 Å². The summed E-state index contributed by atoms with van der Waals surface area (Å²) >= 11 is 1.62. The molecular formula is C12H17N3O2S. The molecule has 1 amide bonds. The maximum Gasteiger partial charge on any atom is 0.254 e. The standard InChI is InChI=1S/C12H17N3O2S/c1-8(11(13)14-17)15(2)12(16)9-4-6-10(18-3)7-5-9/h4-8,17H,1-3H3,(H2,13,14). The highest BCUT2D eigenvalue weighted by atomic mass is 32.2. The van der Waals surface area contributed by atoms with Crippen molar-refractivity contribution in [3.8, 4) is 0 Å². The third-order valence-electron chi connectivity index (χ3n) is 2.78. The summed E-state index contributed by atoms with van der Waals surface area (Å²) in [6.45, 7) is 1.70. The molecule has 0 heterocycles. The number of hydrogen-bond acceptors (Lipinski definition) is 4. The second-order valence-electron chi connectivity index (χ2n) is 3.85. The predicted octanol–water partition coefficient (Wildman–Crippen LogP) is 1.62. The Labute approximate surface area is 111 Å². The molecule has 1 unspecified atom stereocenters. The largest absolute Gasteiger partial charge is 0.409 e. The van der Waals surface area contributed by atoms with E-state index in [9.17, 15) is 4.79 Å². The van der Waals surface area contributed by atoms with Crippen LogP contribution in [0.1, 0.15) is 17.3 Å². The number of benzene rings is 1. The number of likely N-dealkylation sites (N-methyl/N-ethyl adjacent to an activating group) is 1. The molecule has 1 aromatic carbocycles. The maximum absolute atomic E-state index is 12.1. The van der Waals surface area contributed by atoms with E-state index in [2.05, 4.69) is 5.16 Å². The summed E-state index contributed by atoms with van der Waals surface area (Å²) in [6.07, 6.45) is 1.98. The highest BCUT2D eigenvalue weighted by Crippen LogP contribution is 2.16. The molecule has 3 N–H and O–H groups in total. The molecule has 0 aliphatic carbocycles. The van der Waals surface area contributed by atoms with Crippen LogP contribution in [0, 0.1) is 0 Å². The number of carbonyl (C=O) groups is 1. The third-order valence-corrected chi connectivity index (χ3v) is 3.53. The van der Waals surface area contributed by atoms with Crippen molar-refractivity contribution in [2.45, 2.75) is 17.9 Å². The molecule has 0 saturated heterocycles. The smallest absolute Gasteiger partial charge is 0.254 e. The Morgan fingerprint density at radius 2 is 2.00 bits per heavy atom. The lowest BCUT2D eigenvalue weighted by atomic mass is 10.1. The molecule has 0 aromatic heterocycles. The Morgan fingerprint density at radius 1 is 1.44 bits per heavy atom. The molecule has 6 heteroatoms. The number of nitrogens with two attached hydrogens (primary N) is 1. The summed E-state index contributed by atoms with van der Waals surface area (Å²) in [4.78, 5) is 14.7. The fourth-order valence-electron chi connectivity index (χ4n) is 1.40. The van der Waals surface area contributed by atoms with Crippen LogP contribution in [0.15, 0.2) is 34.3 Å². The molecule has 0 aliphatic heterocycles. The monoisotopic (exact) mass is 267 g/mol. The number of amides is 1. The number of hydrogen-bond donors (Lipinski definition) is 2. The zero-order valence-electron chi connectivity index (χ0n) is 10.6. The van der Waals surface area contributed by atoms with Gasteiger partial charge in [0, 0.05) is 17.5 Å². The average Bonchev–Trinajstić information content (AvgIpc) is 2.44. The number of amidine groups is 1. The van der Waals surface area contributed by atoms with Crippen molar-refractivity contribution in [3.05, 3.63) is 29.8 Å². The van der Waals surface area contributed by atoms with E-state index < -0.39 is 6.04 Å². The topological polar surface area (TPSA) is 78.9 Å². The fourth-order valence-corrected chi connectivity index (χ4v) is 1.80. The van der Waals surface area contributed by atoms with Crippen LogP contribution < -0.4 is 5.73 Å². The van der Waals surface area contributed by atoms with Crippen LogP contribution in [0.25, 0.3) is 0 Å². The molecule has 0 aliphatic rings. The number of rotatable bonds is 4. The lowest BCUT2D eigenvalue weighted by Gasteiger charge is -2.23. The Bertz CT molecular complexity index is 445. The zero-order chi connectivity index (χ0) is 13.7. The van der Waals surface area contributed by atoms with E-state index in [-0.39, 0.29) is 11.7 Å². The number of nitrogens with zero attached hydrogens (tertiary/aromatic N) is 2. The Hall–Kier alpha value is -1.69. The lowest BCUT2D eigenvalue weighted by Crippen LogP contribution is -2.43. The molecule has 0 spiro atoms. The molecule has 1 atom stereocenters. The molecule has 0 fully saturated rings. The summed E-state index contributed by atoms with van der Waals surface area (Å²) in [5.74, 6) is -0.159. The van der Waals surface area contributed by atoms with Crippen LogP contribution in [0.4, 0.5) is 0 Å². The van der Waals surface area contributed by atoms with Crippen molar-refractivity contribution in [2.75, 3.05) is 13.3 Å². The third kappa shape index (κ3) is 3.16. The van der Waals surface area contributed by atoms with Gasteiger partial charge in [-0.25, -0.2) is 0 Å². The number of thioether (sulfide) groups is 1. The van der Waals surface area contributed by atoms with Crippen molar-refractivity contribution < 1.29 is 10.0 Å². The van der Waals surface area contributed by atoms with Crippen molar-refractivity contribution >= 4 is 23.5 Å². The molecular weight excluding hydrogens is 250 g/mol. The first-order valence-corrected chi connectivity index (χ1v) is 6.62. The summed E-state index contributed by atoms with van der Waals surface area (Å²) in [6, 6.07) is 6.86. The van der Waals surface area contributed by atoms with Crippen LogP contribution in [0.2, 0.25) is 0 Å². The predicted molar refractivity (Wildman–Crippen MR) is 73.2 cm³/mol. The highest BCUT2D eigenvalue weighted by Gasteiger charge is 2.20. The maximum atomic E-state index is 12.1. The summed E-state index contributed by atoms with van der Waals surface area (Å²) in [5, 5.41) is 11.5. The second-order valence-corrected chi connectivity index (χ2v) is 4.73. The van der Waals surface area contributed by atoms with Crippen molar-refractivity contribution in [1.29, 1.82) is 0 Å². The summed E-state index contributed by atoms with van der Waals surface area (Å²) in [5.41, 5.74) is 6.06. The van der Waals surface area contributed by atoms with E-state index in [1.54, 1.807) is 37.9 Å². The molecule has 1 aromatic rings. The second kappa shape index (κ2) is 6.30. The minimum absolute atomic E-state index is 0.00610. The first kappa shape index (κ1) is 14.4. The van der Waals surface area contributed by atoms with Crippen LogP contribution in [-0.2, 0) is 0 Å². The van der Waals surface area contributed by atoms with Crippen LogP contribution in [-0.4, -0.2) is 41.2 Å². The molecule has 1 rings (SSSR count). The van der Waals surface area contributed by atoms with Crippen LogP contribution in [0.3, 0.4) is 0 Å². The normalized spacial score (nSPS) is 13.2. The molecule has 5 nitrogen and oxygen atoms in total. The number of carbonyl (C=O) groups excluding carboxylic acids is 1. The SMILES string of the molecule is CSc1ccc(C(=O)N(C)C(C)C(N)=NO)cc1. The molecule has 0 radical (unpaired) electrons. The van der Waals surface area contributed by atoms with Gasteiger partial charge < -0.3 is 15.8 Å². The van der Waals surface area contributed by atoms with Gasteiger partial charge >= 0.3 is 0 Å². The van der Waals surface area contributed by atoms with Gasteiger partial charge in [-0.3, -0.25) is 4.79 Å². The molecule has 18 heavy (non-hydrogen) atoms. The van der Waals surface area contributed by atoms with E-state index in [0.29, 0.717) is 5.56 Å². The van der Waals surface area contributed by atoms with Crippen molar-refractivity contribution in [2.24, 2.45) is 10.9 Å². The van der Waals surface area contributed by atoms with E-state index in [4.69, 9.17) is 10.9 Å². The van der Waals surface area contributed by atoms with E-state index in [1.807, 2.05) is 18.4 Å². The Morgan fingerprint density at radius 3 is 2.44 bits per heavy atom. The summed E-state index contributed by atoms with van der Waals surface area (Å²) < 4.78 is 0. The van der Waals surface area contributed by atoms with E-state index >= 15 is 0 Å². The van der Waals surface area contributed by atoms with Gasteiger partial charge in [0.05, 0.1) is 6.04 Å². The quantitative estimate of drug-likeness (QED) is 0.286. The molecule has 0 bridgehead atoms. The summed E-state index contributed by atoms with van der Waals surface area (Å²) in [7, 11) is 1.62. The Kier molecular flexibility index (Phi) is 5.03. The minimum atomic E-state index is -0.456. The van der Waals surface area contributed by atoms with Crippen LogP contribution >= 0.6 is 11.8 Å². The zero-order valence-corrected chi connectivity index (χ0v) is 11.4. The minimum Gasteiger partial charge on any atom is -0.409 e. The van der Waals surface area contributed by atoms with Gasteiger partial charge in [-0.1, -0.05) is 5.16 Å². The average molecular weight is 267 g/mol. The molecule has 98 valence electrons. The first-order chi connectivity index (χ1) is 8.51. The van der Waals surface area contributed by atoms with Gasteiger partial charge in [-0.15, -0.1) is 11.8 Å². The van der Waals surface area contributed by atoms with Crippen LogP contribution in [0.5, 0.6) is 0 Å². The van der Waals surface area contributed by atoms with E-state index in [0.717, 1.165) is 4.90 Å². The Balaban J connectivity index is 2.86. The molecule has 0 saturated carbocycles. The van der Waals surface area contributed by atoms with Gasteiger partial charge in [-0.05, 0) is 37.4 Å². The van der Waals surface area contributed by atoms with Gasteiger partial charge in [0.2, 0.25) is 0 Å². The van der Waals surface area contributed by atoms with Crippen molar-refractivity contribution in [3.63, 3.8) is 0 Å². The number of oxime groups is 1. The van der Waals surface area contributed by atoms with Gasteiger partial charge in [0.15, 0.2) is 5.84 Å². The van der Waals surface area contributed by atoms with Gasteiger partial charge in [-0.2, -0.15) is 0 Å². The first-order valence-electron chi connectivity index (χ1n) is 5.40. The lowest BCUT2D eigenvalue weighted by molar-refractivity contribution is 0.0776.